The molecule has 0 fully saturated rings. The maximum Gasteiger partial charge on any atom is 0.174 e. The summed E-state index contributed by atoms with van der Waals surface area (Å²) < 4.78 is 5.94. The smallest absolute Gasteiger partial charge is 0.174 e. The Kier molecular flexibility index (Phi) is 4.90. The van der Waals surface area contributed by atoms with Crippen molar-refractivity contribution < 1.29 is 9.53 Å². The summed E-state index contributed by atoms with van der Waals surface area (Å²) in [5.74, 6) is 0.530. The molecule has 0 aliphatic carbocycles. The highest BCUT2D eigenvalue weighted by Gasteiger charge is 2.36. The molecule has 0 radical (unpaired) electrons. The van der Waals surface area contributed by atoms with Gasteiger partial charge in [-0.1, -0.05) is 54.1 Å². The number of fused-ring (bicyclic) bond motifs is 1. The molecule has 0 saturated carbocycles. The van der Waals surface area contributed by atoms with E-state index in [1.165, 1.54) is 5.56 Å². The Labute approximate surface area is 163 Å². The zero-order valence-electron chi connectivity index (χ0n) is 15.1. The lowest BCUT2D eigenvalue weighted by atomic mass is 9.89. The quantitative estimate of drug-likeness (QED) is 0.496. The third kappa shape index (κ3) is 3.58. The van der Waals surface area contributed by atoms with Crippen molar-refractivity contribution in [3.63, 3.8) is 0 Å². The van der Waals surface area contributed by atoms with E-state index in [9.17, 15) is 4.79 Å². The van der Waals surface area contributed by atoms with Crippen LogP contribution in [0.1, 0.15) is 26.7 Å². The van der Waals surface area contributed by atoms with Crippen LogP contribution in [0.15, 0.2) is 77.7 Å². The van der Waals surface area contributed by atoms with Crippen LogP contribution in [-0.4, -0.2) is 12.4 Å². The average Bonchev–Trinajstić information content (AvgIpc) is 2.68. The molecule has 1 heterocycles. The van der Waals surface area contributed by atoms with Crippen molar-refractivity contribution in [1.82, 2.24) is 0 Å². The third-order valence-corrected chi connectivity index (χ3v) is 6.30. The van der Waals surface area contributed by atoms with Gasteiger partial charge < -0.3 is 10.5 Å². The van der Waals surface area contributed by atoms with Crippen molar-refractivity contribution in [2.75, 3.05) is 12.3 Å². The maximum atomic E-state index is 13.3. The molecule has 0 bridgehead atoms. The van der Waals surface area contributed by atoms with Crippen LogP contribution in [-0.2, 0) is 0 Å². The van der Waals surface area contributed by atoms with Gasteiger partial charge >= 0.3 is 0 Å². The Hall–Kier alpha value is -2.72. The summed E-state index contributed by atoms with van der Waals surface area (Å²) in [6.07, 6.45) is 0. The van der Waals surface area contributed by atoms with Crippen LogP contribution in [0.3, 0.4) is 0 Å². The predicted octanol–water partition coefficient (Wildman–Crippen LogP) is 5.30. The minimum absolute atomic E-state index is 0.0737. The zero-order valence-corrected chi connectivity index (χ0v) is 15.9. The first kappa shape index (κ1) is 17.7. The number of carbonyl (C=O) groups is 1. The van der Waals surface area contributed by atoms with Gasteiger partial charge in [0.1, 0.15) is 5.75 Å². The molecule has 0 spiro atoms. The molecule has 1 aliphatic heterocycles. The van der Waals surface area contributed by atoms with Crippen molar-refractivity contribution >= 4 is 23.2 Å². The lowest BCUT2D eigenvalue weighted by molar-refractivity contribution is 0.0827. The molecule has 3 aromatic carbocycles. The number of ether oxygens (including phenoxy) is 1. The van der Waals surface area contributed by atoms with Gasteiger partial charge in [-0.3, -0.25) is 4.79 Å². The van der Waals surface area contributed by atoms with Crippen LogP contribution >= 0.6 is 11.8 Å². The Morgan fingerprint density at radius 2 is 1.81 bits per heavy atom. The number of nitrogen functional groups attached to an aromatic ring is 1. The topological polar surface area (TPSA) is 52.3 Å². The van der Waals surface area contributed by atoms with Gasteiger partial charge in [0, 0.05) is 15.8 Å². The molecule has 1 aliphatic rings. The molecule has 0 amide bonds. The van der Waals surface area contributed by atoms with Gasteiger partial charge in [-0.2, -0.15) is 0 Å². The van der Waals surface area contributed by atoms with Crippen molar-refractivity contribution in [2.24, 2.45) is 5.92 Å². The minimum atomic E-state index is -0.272. The molecular weight excluding hydrogens is 354 g/mol. The Morgan fingerprint density at radius 1 is 1.04 bits per heavy atom. The van der Waals surface area contributed by atoms with E-state index in [1.807, 2.05) is 54.6 Å². The second kappa shape index (κ2) is 7.49. The number of aryl methyl sites for hydroxylation is 1. The lowest BCUT2D eigenvalue weighted by Crippen LogP contribution is -2.31. The summed E-state index contributed by atoms with van der Waals surface area (Å²) in [6, 6.07) is 23.6. The second-order valence-electron chi connectivity index (χ2n) is 6.77. The summed E-state index contributed by atoms with van der Waals surface area (Å²) in [4.78, 5) is 14.2. The number of hydrogen-bond donors (Lipinski definition) is 1. The lowest BCUT2D eigenvalue weighted by Gasteiger charge is -2.31. The van der Waals surface area contributed by atoms with Gasteiger partial charge in [-0.25, -0.2) is 0 Å². The Morgan fingerprint density at radius 3 is 2.63 bits per heavy atom. The number of hydrogen-bond acceptors (Lipinski definition) is 4. The number of para-hydroxylation sites is 2. The molecule has 136 valence electrons. The van der Waals surface area contributed by atoms with Crippen LogP contribution in [0, 0.1) is 12.8 Å². The number of anilines is 1. The van der Waals surface area contributed by atoms with E-state index >= 15 is 0 Å². The van der Waals surface area contributed by atoms with E-state index < -0.39 is 0 Å². The van der Waals surface area contributed by atoms with Crippen molar-refractivity contribution in [2.45, 2.75) is 17.1 Å². The first-order chi connectivity index (χ1) is 13.1. The van der Waals surface area contributed by atoms with Crippen LogP contribution in [0.5, 0.6) is 5.75 Å². The van der Waals surface area contributed by atoms with E-state index in [2.05, 4.69) is 25.1 Å². The fourth-order valence-corrected chi connectivity index (χ4v) is 4.71. The molecule has 4 rings (SSSR count). The SMILES string of the molecule is Cc1cccc(C(Sc2ccccc2N)C2COc3ccccc3C2=O)c1. The van der Waals surface area contributed by atoms with E-state index in [4.69, 9.17) is 10.5 Å². The van der Waals surface area contributed by atoms with Gasteiger partial charge in [-0.05, 0) is 36.8 Å². The number of Topliss-reactive ketones (excluding diaryl/α,β-unsaturated/α-hetero) is 1. The molecule has 3 nitrogen and oxygen atoms in total. The monoisotopic (exact) mass is 375 g/mol. The minimum Gasteiger partial charge on any atom is -0.492 e. The number of nitrogens with two attached hydrogens (primary N) is 1. The molecule has 0 saturated heterocycles. The highest BCUT2D eigenvalue weighted by Crippen LogP contribution is 2.46. The van der Waals surface area contributed by atoms with Gasteiger partial charge in [0.25, 0.3) is 0 Å². The number of thioether (sulfide) groups is 1. The molecule has 3 aromatic rings. The van der Waals surface area contributed by atoms with Crippen LogP contribution < -0.4 is 10.5 Å². The highest BCUT2D eigenvalue weighted by molar-refractivity contribution is 7.99. The third-order valence-electron chi connectivity index (χ3n) is 4.82. The van der Waals surface area contributed by atoms with E-state index in [0.29, 0.717) is 17.9 Å². The fourth-order valence-electron chi connectivity index (χ4n) is 3.43. The van der Waals surface area contributed by atoms with E-state index in [-0.39, 0.29) is 17.0 Å². The van der Waals surface area contributed by atoms with E-state index in [1.54, 1.807) is 11.8 Å². The molecule has 2 atom stereocenters. The number of rotatable bonds is 4. The van der Waals surface area contributed by atoms with Gasteiger partial charge in [0.05, 0.1) is 18.1 Å². The summed E-state index contributed by atoms with van der Waals surface area (Å²) in [5, 5.41) is -0.0737. The Bertz CT molecular complexity index is 985. The van der Waals surface area contributed by atoms with Crippen LogP contribution in [0.2, 0.25) is 0 Å². The number of benzene rings is 3. The normalized spacial score (nSPS) is 17.1. The van der Waals surface area contributed by atoms with Crippen LogP contribution in [0.4, 0.5) is 5.69 Å². The predicted molar refractivity (Wildman–Crippen MR) is 110 cm³/mol. The fraction of sp³-hybridized carbons (Fsp3) is 0.174. The molecule has 2 unspecified atom stereocenters. The highest BCUT2D eigenvalue weighted by atomic mass is 32.2. The molecule has 0 aromatic heterocycles. The second-order valence-corrected chi connectivity index (χ2v) is 7.95. The number of ketones is 1. The molecule has 27 heavy (non-hydrogen) atoms. The largest absolute Gasteiger partial charge is 0.492 e. The molecule has 4 heteroatoms. The van der Waals surface area contributed by atoms with E-state index in [0.717, 1.165) is 16.1 Å². The van der Waals surface area contributed by atoms with Gasteiger partial charge in [0.15, 0.2) is 5.78 Å². The van der Waals surface area contributed by atoms with Crippen molar-refractivity contribution in [3.05, 3.63) is 89.5 Å². The van der Waals surface area contributed by atoms with Crippen LogP contribution in [0.25, 0.3) is 0 Å². The first-order valence-electron chi connectivity index (χ1n) is 8.97. The molecular formula is C23H21NO2S. The summed E-state index contributed by atoms with van der Waals surface area (Å²) in [6.45, 7) is 2.44. The zero-order chi connectivity index (χ0) is 18.8. The van der Waals surface area contributed by atoms with Gasteiger partial charge in [0.2, 0.25) is 0 Å². The maximum absolute atomic E-state index is 13.3. The van der Waals surface area contributed by atoms with Crippen molar-refractivity contribution in [1.29, 1.82) is 0 Å². The summed E-state index contributed by atoms with van der Waals surface area (Å²) in [5.41, 5.74) is 9.85. The average molecular weight is 375 g/mol. The van der Waals surface area contributed by atoms with Gasteiger partial charge in [-0.15, -0.1) is 11.8 Å². The first-order valence-corrected chi connectivity index (χ1v) is 9.85. The number of carbonyl (C=O) groups excluding carboxylic acids is 1. The Balaban J connectivity index is 1.74. The standard InChI is InChI=1S/C23H21NO2S/c1-15-7-6-8-16(13-15)23(27-21-12-5-3-10-19(21)24)18-14-26-20-11-4-2-9-17(20)22(18)25/h2-13,18,23H,14,24H2,1H3. The summed E-state index contributed by atoms with van der Waals surface area (Å²) >= 11 is 1.64. The summed E-state index contributed by atoms with van der Waals surface area (Å²) in [7, 11) is 0. The molecule has 2 N–H and O–H groups in total. The van der Waals surface area contributed by atoms with Crippen molar-refractivity contribution in [3.8, 4) is 5.75 Å².